The summed E-state index contributed by atoms with van der Waals surface area (Å²) in [6.07, 6.45) is 8.15. The van der Waals surface area contributed by atoms with E-state index in [2.05, 4.69) is 41.4 Å². The first-order chi connectivity index (χ1) is 8.77. The van der Waals surface area contributed by atoms with Gasteiger partial charge in [-0.15, -0.1) is 12.4 Å². The highest BCUT2D eigenvalue weighted by atomic mass is 35.5. The van der Waals surface area contributed by atoms with Crippen molar-refractivity contribution in [1.82, 2.24) is 15.2 Å². The van der Waals surface area contributed by atoms with Gasteiger partial charge in [-0.3, -0.25) is 4.98 Å². The van der Waals surface area contributed by atoms with Gasteiger partial charge in [-0.2, -0.15) is 0 Å². The number of fused-ring (bicyclic) bond motifs is 1. The maximum Gasteiger partial charge on any atom is 0.0605 e. The first-order valence-corrected chi connectivity index (χ1v) is 7.09. The van der Waals surface area contributed by atoms with Crippen molar-refractivity contribution in [2.45, 2.75) is 38.1 Å². The third kappa shape index (κ3) is 5.09. The lowest BCUT2D eigenvalue weighted by Crippen LogP contribution is -2.27. The van der Waals surface area contributed by atoms with Gasteiger partial charge in [0.2, 0.25) is 0 Å². The van der Waals surface area contributed by atoms with Crippen LogP contribution in [0.25, 0.3) is 0 Å². The van der Waals surface area contributed by atoms with Gasteiger partial charge in [0.15, 0.2) is 0 Å². The molecule has 3 nitrogen and oxygen atoms in total. The Bertz CT molecular complexity index is 368. The minimum Gasteiger partial charge on any atom is -0.309 e. The number of aromatic nitrogens is 1. The maximum absolute atomic E-state index is 4.56. The zero-order chi connectivity index (χ0) is 12.8. The van der Waals surface area contributed by atoms with E-state index in [0.717, 1.165) is 6.54 Å². The monoisotopic (exact) mass is 283 g/mol. The van der Waals surface area contributed by atoms with Gasteiger partial charge >= 0.3 is 0 Å². The predicted molar refractivity (Wildman–Crippen MR) is 83.0 cm³/mol. The summed E-state index contributed by atoms with van der Waals surface area (Å²) >= 11 is 0. The second kappa shape index (κ2) is 8.51. The van der Waals surface area contributed by atoms with Gasteiger partial charge in [-0.1, -0.05) is 6.07 Å². The average molecular weight is 284 g/mol. The Kier molecular flexibility index (Phi) is 7.36. The van der Waals surface area contributed by atoms with Gasteiger partial charge in [-0.25, -0.2) is 0 Å². The Morgan fingerprint density at radius 1 is 1.37 bits per heavy atom. The van der Waals surface area contributed by atoms with Crippen molar-refractivity contribution in [1.29, 1.82) is 0 Å². The molecule has 19 heavy (non-hydrogen) atoms. The van der Waals surface area contributed by atoms with Crippen LogP contribution < -0.4 is 5.32 Å². The van der Waals surface area contributed by atoms with E-state index >= 15 is 0 Å². The molecule has 0 aromatic carbocycles. The molecule has 0 unspecified atom stereocenters. The van der Waals surface area contributed by atoms with Crippen LogP contribution in [0.15, 0.2) is 18.3 Å². The summed E-state index contributed by atoms with van der Waals surface area (Å²) in [5.74, 6) is 0. The summed E-state index contributed by atoms with van der Waals surface area (Å²) in [5, 5.41) is 3.67. The predicted octanol–water partition coefficient (Wildman–Crippen LogP) is 2.81. The second-order valence-corrected chi connectivity index (χ2v) is 5.46. The molecule has 0 bridgehead atoms. The van der Waals surface area contributed by atoms with Crippen molar-refractivity contribution in [3.63, 3.8) is 0 Å². The molecule has 0 amide bonds. The zero-order valence-electron chi connectivity index (χ0n) is 12.1. The van der Waals surface area contributed by atoms with Gasteiger partial charge in [0, 0.05) is 12.2 Å². The number of unbranched alkanes of at least 4 members (excludes halogenated alkanes) is 1. The molecule has 1 aliphatic carbocycles. The number of halogens is 1. The fourth-order valence-corrected chi connectivity index (χ4v) is 2.64. The minimum atomic E-state index is 0. The van der Waals surface area contributed by atoms with Crippen LogP contribution in [0.3, 0.4) is 0 Å². The number of hydrogen-bond donors (Lipinski definition) is 1. The van der Waals surface area contributed by atoms with Crippen LogP contribution in [0.5, 0.6) is 0 Å². The fraction of sp³-hybridized carbons (Fsp3) is 0.667. The number of pyridine rings is 1. The van der Waals surface area contributed by atoms with E-state index in [1.54, 1.807) is 0 Å². The van der Waals surface area contributed by atoms with Crippen LogP contribution in [0.1, 0.15) is 43.0 Å². The molecule has 4 heteroatoms. The lowest BCUT2D eigenvalue weighted by molar-refractivity contribution is 0.382. The molecule has 0 spiro atoms. The molecule has 1 heterocycles. The van der Waals surface area contributed by atoms with Crippen molar-refractivity contribution in [3.05, 3.63) is 29.6 Å². The van der Waals surface area contributed by atoms with Gasteiger partial charge in [-0.05, 0) is 70.9 Å². The number of nitrogens with one attached hydrogen (secondary N) is 1. The largest absolute Gasteiger partial charge is 0.309 e. The first kappa shape index (κ1) is 16.4. The Morgan fingerprint density at radius 3 is 3.00 bits per heavy atom. The number of hydrogen-bond acceptors (Lipinski definition) is 3. The Morgan fingerprint density at radius 2 is 2.21 bits per heavy atom. The van der Waals surface area contributed by atoms with E-state index in [0.29, 0.717) is 6.04 Å². The highest BCUT2D eigenvalue weighted by molar-refractivity contribution is 5.85. The molecule has 1 aromatic rings. The molecule has 1 aromatic heterocycles. The van der Waals surface area contributed by atoms with Crippen molar-refractivity contribution in [2.75, 3.05) is 27.2 Å². The van der Waals surface area contributed by atoms with E-state index in [9.17, 15) is 0 Å². The van der Waals surface area contributed by atoms with E-state index in [1.807, 2.05) is 6.20 Å². The summed E-state index contributed by atoms with van der Waals surface area (Å²) in [4.78, 5) is 6.80. The summed E-state index contributed by atoms with van der Waals surface area (Å²) < 4.78 is 0. The Balaban J connectivity index is 0.00000180. The topological polar surface area (TPSA) is 28.2 Å². The third-order valence-electron chi connectivity index (χ3n) is 3.62. The van der Waals surface area contributed by atoms with Crippen molar-refractivity contribution in [3.8, 4) is 0 Å². The van der Waals surface area contributed by atoms with E-state index in [1.165, 1.54) is 49.9 Å². The lowest BCUT2D eigenvalue weighted by Gasteiger charge is -2.25. The highest BCUT2D eigenvalue weighted by Crippen LogP contribution is 2.27. The minimum absolute atomic E-state index is 0. The molecular weight excluding hydrogens is 258 g/mol. The van der Waals surface area contributed by atoms with Gasteiger partial charge in [0.25, 0.3) is 0 Å². The van der Waals surface area contributed by atoms with Crippen LogP contribution in [0, 0.1) is 0 Å². The van der Waals surface area contributed by atoms with E-state index in [4.69, 9.17) is 0 Å². The molecule has 1 aliphatic rings. The third-order valence-corrected chi connectivity index (χ3v) is 3.62. The van der Waals surface area contributed by atoms with E-state index < -0.39 is 0 Å². The fourth-order valence-electron chi connectivity index (χ4n) is 2.64. The number of nitrogens with zero attached hydrogens (tertiary/aromatic N) is 2. The molecule has 1 N–H and O–H groups in total. The SMILES string of the molecule is CN(C)CCCCN[C@H]1CCCc2cccnc21.Cl. The standard InChI is InChI=1S/C15H25N3.ClH/c1-18(2)12-4-3-10-16-14-9-5-7-13-8-6-11-17-15(13)14;/h6,8,11,14,16H,3-5,7,9-10,12H2,1-2H3;1H/t14-;/m0./s1. The molecule has 0 saturated carbocycles. The second-order valence-electron chi connectivity index (χ2n) is 5.46. The number of rotatable bonds is 6. The van der Waals surface area contributed by atoms with Gasteiger partial charge in [0.05, 0.1) is 5.69 Å². The van der Waals surface area contributed by atoms with Gasteiger partial charge in [0.1, 0.15) is 0 Å². The smallest absolute Gasteiger partial charge is 0.0605 e. The normalized spacial score (nSPS) is 17.9. The molecular formula is C15H26ClN3. The van der Waals surface area contributed by atoms with Crippen LogP contribution in [0.2, 0.25) is 0 Å². The Hall–Kier alpha value is -0.640. The summed E-state index contributed by atoms with van der Waals surface area (Å²) in [6.45, 7) is 2.29. The molecule has 2 rings (SSSR count). The summed E-state index contributed by atoms with van der Waals surface area (Å²) in [6, 6.07) is 4.76. The zero-order valence-corrected chi connectivity index (χ0v) is 12.9. The van der Waals surface area contributed by atoms with Crippen molar-refractivity contribution in [2.24, 2.45) is 0 Å². The van der Waals surface area contributed by atoms with Gasteiger partial charge < -0.3 is 10.2 Å². The molecule has 0 fully saturated rings. The van der Waals surface area contributed by atoms with Crippen LogP contribution >= 0.6 is 12.4 Å². The van der Waals surface area contributed by atoms with Crippen LogP contribution in [-0.4, -0.2) is 37.1 Å². The Labute approximate surface area is 123 Å². The quantitative estimate of drug-likeness (QED) is 0.814. The molecule has 0 aliphatic heterocycles. The molecule has 0 saturated heterocycles. The lowest BCUT2D eigenvalue weighted by atomic mass is 9.92. The molecule has 1 atom stereocenters. The molecule has 0 radical (unpaired) electrons. The van der Waals surface area contributed by atoms with E-state index in [-0.39, 0.29) is 12.4 Å². The maximum atomic E-state index is 4.56. The molecule has 108 valence electrons. The van der Waals surface area contributed by atoms with Crippen LogP contribution in [-0.2, 0) is 6.42 Å². The first-order valence-electron chi connectivity index (χ1n) is 7.09. The summed E-state index contributed by atoms with van der Waals surface area (Å²) in [7, 11) is 4.27. The van der Waals surface area contributed by atoms with Crippen LogP contribution in [0.4, 0.5) is 0 Å². The van der Waals surface area contributed by atoms with Crippen molar-refractivity contribution >= 4 is 12.4 Å². The highest BCUT2D eigenvalue weighted by Gasteiger charge is 2.20. The summed E-state index contributed by atoms with van der Waals surface area (Å²) in [5.41, 5.74) is 2.73. The average Bonchev–Trinajstić information content (AvgIpc) is 2.38. The number of aryl methyl sites for hydroxylation is 1. The van der Waals surface area contributed by atoms with Crippen molar-refractivity contribution < 1.29 is 0 Å².